The molecule has 3 heterocycles. The molecular weight excluding hydrogens is 154 g/mol. The van der Waals surface area contributed by atoms with Crippen LogP contribution in [0.4, 0.5) is 0 Å². The van der Waals surface area contributed by atoms with Crippen LogP contribution in [0.25, 0.3) is 0 Å². The molecule has 3 rings (SSSR count). The molecule has 0 aromatic carbocycles. The maximum absolute atomic E-state index is 11.3. The van der Waals surface area contributed by atoms with E-state index in [9.17, 15) is 5.21 Å². The highest BCUT2D eigenvalue weighted by molar-refractivity contribution is 5.27. The maximum Gasteiger partial charge on any atom is 0.227 e. The van der Waals surface area contributed by atoms with Crippen molar-refractivity contribution in [2.45, 2.75) is 25.0 Å². The van der Waals surface area contributed by atoms with E-state index in [0.717, 1.165) is 28.8 Å². The first kappa shape index (κ1) is 6.43. The number of pyridine rings is 1. The van der Waals surface area contributed by atoms with Crippen LogP contribution in [-0.4, -0.2) is 0 Å². The number of hydrogen-bond acceptors (Lipinski definition) is 2. The fourth-order valence-corrected chi connectivity index (χ4v) is 2.18. The molecule has 3 nitrogen and oxygen atoms in total. The lowest BCUT2D eigenvalue weighted by Crippen LogP contribution is -2.33. The maximum atomic E-state index is 11.3. The Balaban J connectivity index is 2.26. The van der Waals surface area contributed by atoms with E-state index in [4.69, 9.17) is 4.74 Å². The van der Waals surface area contributed by atoms with Crippen molar-refractivity contribution in [3.8, 4) is 0 Å². The Labute approximate surface area is 70.2 Å². The van der Waals surface area contributed by atoms with Gasteiger partial charge in [-0.1, -0.05) is 0 Å². The predicted molar refractivity (Wildman–Crippen MR) is 41.2 cm³/mol. The molecule has 62 valence electrons. The van der Waals surface area contributed by atoms with Crippen LogP contribution < -0.4 is 4.73 Å². The van der Waals surface area contributed by atoms with Gasteiger partial charge in [0.1, 0.15) is 6.10 Å². The number of rotatable bonds is 0. The summed E-state index contributed by atoms with van der Waals surface area (Å²) >= 11 is 0. The first-order chi connectivity index (χ1) is 5.86. The first-order valence-corrected chi connectivity index (χ1v) is 4.23. The van der Waals surface area contributed by atoms with Crippen molar-refractivity contribution in [2.24, 2.45) is 0 Å². The summed E-state index contributed by atoms with van der Waals surface area (Å²) in [7, 11) is 0. The Morgan fingerprint density at radius 1 is 1.42 bits per heavy atom. The second-order valence-electron chi connectivity index (χ2n) is 3.37. The molecule has 2 atom stereocenters. The molecule has 0 saturated carbocycles. The van der Waals surface area contributed by atoms with E-state index in [-0.39, 0.29) is 12.2 Å². The van der Waals surface area contributed by atoms with Crippen LogP contribution in [0.2, 0.25) is 0 Å². The zero-order chi connectivity index (χ0) is 8.13. The van der Waals surface area contributed by atoms with E-state index in [1.54, 1.807) is 12.3 Å². The fourth-order valence-electron chi connectivity index (χ4n) is 2.18. The number of ether oxygens (including phenoxy) is 1. The normalized spacial score (nSPS) is 30.7. The Hall–Kier alpha value is -1.09. The second kappa shape index (κ2) is 1.98. The number of aromatic nitrogens is 1. The Morgan fingerprint density at radius 3 is 3.08 bits per heavy atom. The van der Waals surface area contributed by atoms with Crippen LogP contribution in [0, 0.1) is 5.21 Å². The summed E-state index contributed by atoms with van der Waals surface area (Å²) in [5.41, 5.74) is 1.94. The van der Waals surface area contributed by atoms with Gasteiger partial charge < -0.3 is 9.94 Å². The second-order valence-corrected chi connectivity index (χ2v) is 3.37. The highest BCUT2D eigenvalue weighted by atomic mass is 16.5. The number of hydrogen-bond donors (Lipinski definition) is 0. The van der Waals surface area contributed by atoms with Crippen molar-refractivity contribution >= 4 is 0 Å². The third-order valence-electron chi connectivity index (χ3n) is 2.70. The van der Waals surface area contributed by atoms with Gasteiger partial charge in [-0.25, -0.2) is 0 Å². The molecular formula is C9H9NO2. The molecule has 0 aliphatic carbocycles. The quantitative estimate of drug-likeness (QED) is 0.426. The molecule has 2 aliphatic heterocycles. The number of fused-ring (bicyclic) bond motifs is 5. The molecule has 12 heavy (non-hydrogen) atoms. The van der Waals surface area contributed by atoms with Crippen LogP contribution in [0.5, 0.6) is 0 Å². The van der Waals surface area contributed by atoms with Gasteiger partial charge in [0.15, 0.2) is 6.20 Å². The Morgan fingerprint density at radius 2 is 2.25 bits per heavy atom. The molecule has 0 spiro atoms. The van der Waals surface area contributed by atoms with Crippen LogP contribution in [0.3, 0.4) is 0 Å². The van der Waals surface area contributed by atoms with Crippen molar-refractivity contribution in [1.82, 2.24) is 0 Å². The number of nitrogens with zero attached hydrogens (tertiary/aromatic N) is 1. The lowest BCUT2D eigenvalue weighted by atomic mass is 9.96. The smallest absolute Gasteiger partial charge is 0.227 e. The lowest BCUT2D eigenvalue weighted by Gasteiger charge is -2.09. The van der Waals surface area contributed by atoms with Crippen molar-refractivity contribution in [3.05, 3.63) is 34.8 Å². The average molecular weight is 163 g/mol. The first-order valence-electron chi connectivity index (χ1n) is 4.23. The van der Waals surface area contributed by atoms with E-state index in [2.05, 4.69) is 0 Å². The monoisotopic (exact) mass is 163 g/mol. The summed E-state index contributed by atoms with van der Waals surface area (Å²) in [6.45, 7) is 0. The summed E-state index contributed by atoms with van der Waals surface area (Å²) < 4.78 is 6.55. The summed E-state index contributed by atoms with van der Waals surface area (Å²) in [5.74, 6) is 0. The minimum atomic E-state index is 0.0729. The summed E-state index contributed by atoms with van der Waals surface area (Å²) in [4.78, 5) is 0. The van der Waals surface area contributed by atoms with Gasteiger partial charge in [-0.05, 0) is 18.9 Å². The summed E-state index contributed by atoms with van der Waals surface area (Å²) in [6, 6.07) is 3.78. The Kier molecular flexibility index (Phi) is 1.06. The molecule has 2 unspecified atom stereocenters. The molecule has 2 bridgehead atoms. The third-order valence-corrected chi connectivity index (χ3v) is 2.70. The Bertz CT molecular complexity index is 337. The molecule has 0 amide bonds. The minimum Gasteiger partial charge on any atom is -0.618 e. The van der Waals surface area contributed by atoms with E-state index >= 15 is 0 Å². The summed E-state index contributed by atoms with van der Waals surface area (Å²) in [6.07, 6.45) is 3.89. The van der Waals surface area contributed by atoms with Gasteiger partial charge in [0, 0.05) is 6.07 Å². The van der Waals surface area contributed by atoms with Gasteiger partial charge in [-0.3, -0.25) is 0 Å². The summed E-state index contributed by atoms with van der Waals surface area (Å²) in [5, 5.41) is 11.3. The minimum absolute atomic E-state index is 0.0729. The van der Waals surface area contributed by atoms with E-state index < -0.39 is 0 Å². The van der Waals surface area contributed by atoms with Gasteiger partial charge >= 0.3 is 0 Å². The van der Waals surface area contributed by atoms with Gasteiger partial charge in [0.25, 0.3) is 0 Å². The zero-order valence-corrected chi connectivity index (χ0v) is 6.56. The lowest BCUT2D eigenvalue weighted by molar-refractivity contribution is -0.617. The zero-order valence-electron chi connectivity index (χ0n) is 6.56. The standard InChI is InChI=1S/C9H9NO2/c11-10-5-1-2-6-7-3-4-8(12-7)9(6)10/h1-2,5,7-8H,3-4H2. The molecule has 1 saturated heterocycles. The molecule has 1 fully saturated rings. The molecule has 2 aliphatic rings. The topological polar surface area (TPSA) is 36.2 Å². The highest BCUT2D eigenvalue weighted by Crippen LogP contribution is 2.48. The SMILES string of the molecule is [O-][n+]1cccc2c1C1CCC2O1. The van der Waals surface area contributed by atoms with E-state index in [1.165, 1.54) is 0 Å². The highest BCUT2D eigenvalue weighted by Gasteiger charge is 2.43. The molecule has 1 aromatic rings. The third kappa shape index (κ3) is 0.623. The van der Waals surface area contributed by atoms with Crippen LogP contribution in [-0.2, 0) is 4.74 Å². The largest absolute Gasteiger partial charge is 0.618 e. The van der Waals surface area contributed by atoms with Crippen molar-refractivity contribution in [2.75, 3.05) is 0 Å². The van der Waals surface area contributed by atoms with Gasteiger partial charge in [0.05, 0.1) is 11.7 Å². The van der Waals surface area contributed by atoms with Gasteiger partial charge in [-0.2, -0.15) is 4.73 Å². The predicted octanol–water partition coefficient (Wildman–Crippen LogP) is 1.23. The van der Waals surface area contributed by atoms with Crippen molar-refractivity contribution in [1.29, 1.82) is 0 Å². The van der Waals surface area contributed by atoms with Gasteiger partial charge in [0.2, 0.25) is 5.69 Å². The van der Waals surface area contributed by atoms with Crippen molar-refractivity contribution < 1.29 is 9.47 Å². The molecule has 0 radical (unpaired) electrons. The average Bonchev–Trinajstić information content (AvgIpc) is 2.64. The van der Waals surface area contributed by atoms with E-state index in [1.807, 2.05) is 6.07 Å². The van der Waals surface area contributed by atoms with Crippen LogP contribution in [0.15, 0.2) is 18.3 Å². The van der Waals surface area contributed by atoms with Crippen molar-refractivity contribution in [3.63, 3.8) is 0 Å². The molecule has 1 aromatic heterocycles. The fraction of sp³-hybridized carbons (Fsp3) is 0.444. The van der Waals surface area contributed by atoms with E-state index in [0.29, 0.717) is 0 Å². The van der Waals surface area contributed by atoms with Gasteiger partial charge in [-0.15, -0.1) is 0 Å². The van der Waals surface area contributed by atoms with Crippen LogP contribution in [0.1, 0.15) is 36.3 Å². The molecule has 3 heteroatoms. The van der Waals surface area contributed by atoms with Crippen LogP contribution >= 0.6 is 0 Å². The molecule has 0 N–H and O–H groups in total.